The minimum absolute atomic E-state index is 0.0453. The Labute approximate surface area is 246 Å². The van der Waals surface area contributed by atoms with Crippen LogP contribution >= 0.6 is 0 Å². The van der Waals surface area contributed by atoms with Crippen LogP contribution in [0.5, 0.6) is 17.2 Å². The first-order valence-electron chi connectivity index (χ1n) is 13.1. The van der Waals surface area contributed by atoms with Crippen LogP contribution in [0.3, 0.4) is 0 Å². The third-order valence-corrected chi connectivity index (χ3v) is 8.15. The van der Waals surface area contributed by atoms with Crippen molar-refractivity contribution in [3.8, 4) is 17.2 Å². The number of aryl methyl sites for hydroxylation is 2. The van der Waals surface area contributed by atoms with Crippen molar-refractivity contribution >= 4 is 27.8 Å². The van der Waals surface area contributed by atoms with Crippen LogP contribution in [0.2, 0.25) is 0 Å². The number of carbonyl (C=O) groups is 1. The molecule has 0 bridgehead atoms. The number of amides is 1. The first kappa shape index (κ1) is 30.1. The van der Waals surface area contributed by atoms with Gasteiger partial charge in [0, 0.05) is 6.07 Å². The molecule has 42 heavy (non-hydrogen) atoms. The highest BCUT2D eigenvalue weighted by molar-refractivity contribution is 7.92. The Hall–Kier alpha value is -4.83. The minimum atomic E-state index is -4.11. The number of nitrogens with one attached hydrogen (secondary N) is 1. The van der Waals surface area contributed by atoms with Crippen molar-refractivity contribution in [1.82, 2.24) is 5.43 Å². The second-order valence-corrected chi connectivity index (χ2v) is 11.4. The van der Waals surface area contributed by atoms with Gasteiger partial charge in [-0.3, -0.25) is 9.10 Å². The molecule has 1 amide bonds. The van der Waals surface area contributed by atoms with Crippen LogP contribution in [0.4, 0.5) is 5.69 Å². The molecule has 0 aliphatic carbocycles. The molecule has 10 heteroatoms. The molecule has 0 saturated carbocycles. The van der Waals surface area contributed by atoms with Crippen LogP contribution in [0, 0.1) is 13.8 Å². The Balaban J connectivity index is 1.45. The molecule has 0 saturated heterocycles. The summed E-state index contributed by atoms with van der Waals surface area (Å²) in [7, 11) is -1.18. The normalized spacial score (nSPS) is 11.2. The molecule has 4 rings (SSSR count). The topological polar surface area (TPSA) is 107 Å². The van der Waals surface area contributed by atoms with Gasteiger partial charge in [-0.25, -0.2) is 13.8 Å². The van der Waals surface area contributed by atoms with Crippen LogP contribution in [0.1, 0.15) is 22.3 Å². The van der Waals surface area contributed by atoms with Crippen molar-refractivity contribution in [3.63, 3.8) is 0 Å². The molecule has 4 aromatic carbocycles. The Morgan fingerprint density at radius 1 is 0.833 bits per heavy atom. The molecule has 218 valence electrons. The van der Waals surface area contributed by atoms with Crippen molar-refractivity contribution in [3.05, 3.63) is 113 Å². The van der Waals surface area contributed by atoms with Gasteiger partial charge in [0.2, 0.25) is 0 Å². The van der Waals surface area contributed by atoms with Crippen LogP contribution in [0.15, 0.2) is 101 Å². The zero-order chi connectivity index (χ0) is 30.1. The zero-order valence-corrected chi connectivity index (χ0v) is 24.7. The summed E-state index contributed by atoms with van der Waals surface area (Å²) in [6, 6.07) is 26.4. The fourth-order valence-corrected chi connectivity index (χ4v) is 5.39. The van der Waals surface area contributed by atoms with Gasteiger partial charge in [-0.1, -0.05) is 47.5 Å². The molecule has 0 unspecified atom stereocenters. The molecular weight excluding hydrogens is 554 g/mol. The summed E-state index contributed by atoms with van der Waals surface area (Å²) in [5.41, 5.74) is 6.54. The highest BCUT2D eigenvalue weighted by atomic mass is 32.2. The Bertz CT molecular complexity index is 1640. The lowest BCUT2D eigenvalue weighted by Gasteiger charge is -2.24. The Kier molecular flexibility index (Phi) is 9.82. The van der Waals surface area contributed by atoms with Gasteiger partial charge in [-0.2, -0.15) is 5.10 Å². The Morgan fingerprint density at radius 2 is 1.45 bits per heavy atom. The van der Waals surface area contributed by atoms with E-state index >= 15 is 0 Å². The van der Waals surface area contributed by atoms with E-state index in [4.69, 9.17) is 14.2 Å². The van der Waals surface area contributed by atoms with Crippen LogP contribution in [-0.2, 0) is 21.4 Å². The van der Waals surface area contributed by atoms with Gasteiger partial charge in [0.15, 0.2) is 11.5 Å². The van der Waals surface area contributed by atoms with E-state index < -0.39 is 22.5 Å². The van der Waals surface area contributed by atoms with Gasteiger partial charge in [-0.15, -0.1) is 0 Å². The summed E-state index contributed by atoms with van der Waals surface area (Å²) >= 11 is 0. The zero-order valence-electron chi connectivity index (χ0n) is 23.9. The van der Waals surface area contributed by atoms with Crippen molar-refractivity contribution in [2.24, 2.45) is 5.10 Å². The molecule has 0 fully saturated rings. The number of nitrogens with zero attached hydrogens (tertiary/aromatic N) is 2. The highest BCUT2D eigenvalue weighted by Crippen LogP contribution is 2.33. The minimum Gasteiger partial charge on any atom is -0.493 e. The van der Waals surface area contributed by atoms with Gasteiger partial charge in [0.25, 0.3) is 15.9 Å². The molecule has 0 heterocycles. The number of rotatable bonds is 12. The fourth-order valence-electron chi connectivity index (χ4n) is 3.98. The van der Waals surface area contributed by atoms with Crippen LogP contribution in [0.25, 0.3) is 0 Å². The first-order chi connectivity index (χ1) is 20.2. The monoisotopic (exact) mass is 587 g/mol. The smallest absolute Gasteiger partial charge is 0.264 e. The van der Waals surface area contributed by atoms with E-state index in [1.54, 1.807) is 36.4 Å². The maximum Gasteiger partial charge on any atom is 0.264 e. The molecule has 0 spiro atoms. The van der Waals surface area contributed by atoms with E-state index in [0.717, 1.165) is 21.0 Å². The predicted octanol–water partition coefficient (Wildman–Crippen LogP) is 5.25. The maximum atomic E-state index is 13.6. The van der Waals surface area contributed by atoms with Gasteiger partial charge in [0.05, 0.1) is 31.0 Å². The van der Waals surface area contributed by atoms with Gasteiger partial charge < -0.3 is 14.2 Å². The predicted molar refractivity (Wildman–Crippen MR) is 163 cm³/mol. The number of anilines is 1. The number of hydrazone groups is 1. The average molecular weight is 588 g/mol. The van der Waals surface area contributed by atoms with Crippen molar-refractivity contribution in [2.45, 2.75) is 25.3 Å². The number of methoxy groups -OCH3 is 2. The molecule has 0 aliphatic rings. The number of sulfonamides is 1. The number of benzene rings is 4. The summed E-state index contributed by atoms with van der Waals surface area (Å²) < 4.78 is 44.7. The SMILES string of the molecule is COc1ccc(N(CC(=O)N/N=C\c2ccc(OCc3ccc(C)cc3)cc2)S(=O)(=O)c2ccc(C)cc2)cc1OC. The molecule has 1 N–H and O–H groups in total. The third-order valence-electron chi connectivity index (χ3n) is 6.36. The lowest BCUT2D eigenvalue weighted by Crippen LogP contribution is -2.39. The van der Waals surface area contributed by atoms with E-state index in [-0.39, 0.29) is 10.6 Å². The number of ether oxygens (including phenoxy) is 3. The third kappa shape index (κ3) is 7.67. The number of hydrogen-bond donors (Lipinski definition) is 1. The summed E-state index contributed by atoms with van der Waals surface area (Å²) in [6.07, 6.45) is 1.47. The molecule has 0 aromatic heterocycles. The summed E-state index contributed by atoms with van der Waals surface area (Å²) in [5, 5.41) is 4.02. The van der Waals surface area contributed by atoms with E-state index in [1.165, 1.54) is 44.2 Å². The molecule has 9 nitrogen and oxygen atoms in total. The van der Waals surface area contributed by atoms with E-state index in [2.05, 4.69) is 10.5 Å². The van der Waals surface area contributed by atoms with E-state index in [9.17, 15) is 13.2 Å². The second-order valence-electron chi connectivity index (χ2n) is 9.50. The maximum absolute atomic E-state index is 13.6. The highest BCUT2D eigenvalue weighted by Gasteiger charge is 2.28. The van der Waals surface area contributed by atoms with Crippen molar-refractivity contribution < 1.29 is 27.4 Å². The van der Waals surface area contributed by atoms with Crippen LogP contribution in [-0.4, -0.2) is 41.3 Å². The lowest BCUT2D eigenvalue weighted by molar-refractivity contribution is -0.119. The Morgan fingerprint density at radius 3 is 2.07 bits per heavy atom. The van der Waals surface area contributed by atoms with E-state index in [1.807, 2.05) is 50.2 Å². The van der Waals surface area contributed by atoms with Crippen LogP contribution < -0.4 is 23.9 Å². The van der Waals surface area contributed by atoms with Gasteiger partial charge >= 0.3 is 0 Å². The average Bonchev–Trinajstić information content (AvgIpc) is 3.00. The van der Waals surface area contributed by atoms with E-state index in [0.29, 0.717) is 23.9 Å². The van der Waals surface area contributed by atoms with Gasteiger partial charge in [-0.05, 0) is 73.5 Å². The molecular formula is C32H33N3O6S. The summed E-state index contributed by atoms with van der Waals surface area (Å²) in [4.78, 5) is 13.0. The summed E-state index contributed by atoms with van der Waals surface area (Å²) in [5.74, 6) is 0.816. The van der Waals surface area contributed by atoms with Crippen molar-refractivity contribution in [2.75, 3.05) is 25.1 Å². The van der Waals surface area contributed by atoms with Crippen molar-refractivity contribution in [1.29, 1.82) is 0 Å². The molecule has 4 aromatic rings. The quantitative estimate of drug-likeness (QED) is 0.179. The fraction of sp³-hybridized carbons (Fsp3) is 0.188. The standard InChI is InChI=1S/C32H33N3O6S/c1-23-5-9-26(10-6-23)22-41-28-14-11-25(12-15-28)20-33-34-32(36)21-35(27-13-18-30(39-3)31(19-27)40-4)42(37,38)29-16-7-24(2)8-17-29/h5-20H,21-22H2,1-4H3,(H,34,36)/b33-20-. The number of hydrogen-bond acceptors (Lipinski definition) is 7. The molecule has 0 radical (unpaired) electrons. The largest absolute Gasteiger partial charge is 0.493 e. The summed E-state index contributed by atoms with van der Waals surface area (Å²) in [6.45, 7) is 3.83. The number of carbonyl (C=O) groups excluding carboxylic acids is 1. The first-order valence-corrected chi connectivity index (χ1v) is 14.6. The molecule has 0 atom stereocenters. The van der Waals surface area contributed by atoms with Gasteiger partial charge in [0.1, 0.15) is 18.9 Å². The lowest BCUT2D eigenvalue weighted by atomic mass is 10.2. The second kappa shape index (κ2) is 13.7. The molecule has 0 aliphatic heterocycles.